The lowest BCUT2D eigenvalue weighted by molar-refractivity contribution is -0.132. The molecule has 1 aliphatic rings. The molecule has 0 radical (unpaired) electrons. The molecule has 0 spiro atoms. The number of thiazole rings is 1. The summed E-state index contributed by atoms with van der Waals surface area (Å²) < 4.78 is 0. The summed E-state index contributed by atoms with van der Waals surface area (Å²) in [7, 11) is 0. The van der Waals surface area contributed by atoms with Crippen LogP contribution in [0.3, 0.4) is 0 Å². The Labute approximate surface area is 181 Å². The SMILES string of the molecule is Cc1ccnc(Nc2nc(CC(=O)N3CCN(CCc4ccccc4)CC3)cs2)c1. The predicted molar refractivity (Wildman–Crippen MR) is 121 cm³/mol. The zero-order chi connectivity index (χ0) is 20.8. The quantitative estimate of drug-likeness (QED) is 0.633. The van der Waals surface area contributed by atoms with Gasteiger partial charge in [0.25, 0.3) is 0 Å². The van der Waals surface area contributed by atoms with E-state index in [1.807, 2.05) is 29.3 Å². The van der Waals surface area contributed by atoms with Gasteiger partial charge in [-0.3, -0.25) is 9.69 Å². The van der Waals surface area contributed by atoms with Crippen molar-refractivity contribution in [2.75, 3.05) is 38.0 Å². The number of hydrogen-bond donors (Lipinski definition) is 1. The second-order valence-electron chi connectivity index (χ2n) is 7.62. The maximum absolute atomic E-state index is 12.7. The summed E-state index contributed by atoms with van der Waals surface area (Å²) in [4.78, 5) is 26.0. The fourth-order valence-corrected chi connectivity index (χ4v) is 4.30. The van der Waals surface area contributed by atoms with Crippen LogP contribution < -0.4 is 5.32 Å². The van der Waals surface area contributed by atoms with Gasteiger partial charge in [-0.15, -0.1) is 11.3 Å². The Morgan fingerprint density at radius 2 is 1.93 bits per heavy atom. The van der Waals surface area contributed by atoms with Gasteiger partial charge in [-0.2, -0.15) is 0 Å². The van der Waals surface area contributed by atoms with E-state index in [1.54, 1.807) is 6.20 Å². The van der Waals surface area contributed by atoms with E-state index in [4.69, 9.17) is 0 Å². The Balaban J connectivity index is 1.22. The number of amides is 1. The first-order valence-electron chi connectivity index (χ1n) is 10.3. The highest BCUT2D eigenvalue weighted by molar-refractivity contribution is 7.13. The highest BCUT2D eigenvalue weighted by Crippen LogP contribution is 2.21. The number of carbonyl (C=O) groups excluding carboxylic acids is 1. The van der Waals surface area contributed by atoms with Crippen LogP contribution in [-0.2, 0) is 17.6 Å². The van der Waals surface area contributed by atoms with Gasteiger partial charge in [0.05, 0.1) is 12.1 Å². The molecule has 0 bridgehead atoms. The third-order valence-electron chi connectivity index (χ3n) is 5.32. The van der Waals surface area contributed by atoms with Gasteiger partial charge in [0.15, 0.2) is 5.13 Å². The largest absolute Gasteiger partial charge is 0.340 e. The molecule has 1 fully saturated rings. The van der Waals surface area contributed by atoms with Crippen LogP contribution in [0.25, 0.3) is 0 Å². The van der Waals surface area contributed by atoms with Crippen molar-refractivity contribution in [2.24, 2.45) is 0 Å². The van der Waals surface area contributed by atoms with Crippen molar-refractivity contribution in [1.29, 1.82) is 0 Å². The second-order valence-corrected chi connectivity index (χ2v) is 8.48. The number of hydrogen-bond acceptors (Lipinski definition) is 6. The number of nitrogens with zero attached hydrogens (tertiary/aromatic N) is 4. The van der Waals surface area contributed by atoms with Crippen LogP contribution in [0.1, 0.15) is 16.8 Å². The molecule has 7 heteroatoms. The number of piperazine rings is 1. The summed E-state index contributed by atoms with van der Waals surface area (Å²) in [6.45, 7) is 6.51. The van der Waals surface area contributed by atoms with E-state index in [2.05, 4.69) is 50.5 Å². The summed E-state index contributed by atoms with van der Waals surface area (Å²) >= 11 is 1.50. The molecule has 0 unspecified atom stereocenters. The van der Waals surface area contributed by atoms with Crippen molar-refractivity contribution in [2.45, 2.75) is 19.8 Å². The van der Waals surface area contributed by atoms with Crippen molar-refractivity contribution < 1.29 is 4.79 Å². The molecule has 0 aliphatic carbocycles. The van der Waals surface area contributed by atoms with Crippen LogP contribution in [0, 0.1) is 6.92 Å². The minimum absolute atomic E-state index is 0.156. The van der Waals surface area contributed by atoms with E-state index in [1.165, 1.54) is 16.9 Å². The monoisotopic (exact) mass is 421 g/mol. The molecule has 1 aliphatic heterocycles. The molecule has 1 saturated heterocycles. The fourth-order valence-electron chi connectivity index (χ4n) is 3.58. The summed E-state index contributed by atoms with van der Waals surface area (Å²) in [5.41, 5.74) is 3.32. The molecule has 1 amide bonds. The number of carbonyl (C=O) groups is 1. The number of rotatable bonds is 7. The van der Waals surface area contributed by atoms with E-state index in [0.29, 0.717) is 6.42 Å². The summed E-state index contributed by atoms with van der Waals surface area (Å²) in [5.74, 6) is 0.928. The number of benzene rings is 1. The van der Waals surface area contributed by atoms with Gasteiger partial charge in [-0.25, -0.2) is 9.97 Å². The minimum atomic E-state index is 0.156. The van der Waals surface area contributed by atoms with Crippen LogP contribution in [0.5, 0.6) is 0 Å². The molecule has 2 aromatic heterocycles. The van der Waals surface area contributed by atoms with Crippen molar-refractivity contribution in [3.63, 3.8) is 0 Å². The van der Waals surface area contributed by atoms with Gasteiger partial charge in [0.1, 0.15) is 5.82 Å². The molecule has 156 valence electrons. The van der Waals surface area contributed by atoms with Crippen LogP contribution >= 0.6 is 11.3 Å². The van der Waals surface area contributed by atoms with Crippen LogP contribution in [0.4, 0.5) is 10.9 Å². The minimum Gasteiger partial charge on any atom is -0.340 e. The predicted octanol–water partition coefficient (Wildman–Crippen LogP) is 3.52. The highest BCUT2D eigenvalue weighted by Gasteiger charge is 2.21. The molecular weight excluding hydrogens is 394 g/mol. The van der Waals surface area contributed by atoms with Crippen LogP contribution in [0.2, 0.25) is 0 Å². The van der Waals surface area contributed by atoms with E-state index in [-0.39, 0.29) is 5.91 Å². The zero-order valence-corrected chi connectivity index (χ0v) is 18.1. The fraction of sp³-hybridized carbons (Fsp3) is 0.348. The van der Waals surface area contributed by atoms with Gasteiger partial charge in [-0.05, 0) is 36.6 Å². The third kappa shape index (κ3) is 5.64. The first-order valence-corrected chi connectivity index (χ1v) is 11.2. The Morgan fingerprint density at radius 1 is 1.13 bits per heavy atom. The van der Waals surface area contributed by atoms with Crippen molar-refractivity contribution >= 4 is 28.2 Å². The smallest absolute Gasteiger partial charge is 0.228 e. The Kier molecular flexibility index (Phi) is 6.71. The Bertz CT molecular complexity index is 966. The normalized spacial score (nSPS) is 14.6. The van der Waals surface area contributed by atoms with Gasteiger partial charge >= 0.3 is 0 Å². The molecule has 6 nitrogen and oxygen atoms in total. The van der Waals surface area contributed by atoms with Crippen molar-refractivity contribution in [1.82, 2.24) is 19.8 Å². The molecule has 3 aromatic rings. The molecular formula is C23H27N5OS. The first-order chi connectivity index (χ1) is 14.7. The lowest BCUT2D eigenvalue weighted by atomic mass is 10.1. The number of pyridine rings is 1. The highest BCUT2D eigenvalue weighted by atomic mass is 32.1. The molecule has 30 heavy (non-hydrogen) atoms. The first kappa shape index (κ1) is 20.5. The van der Waals surface area contributed by atoms with Crippen molar-refractivity contribution in [3.8, 4) is 0 Å². The molecule has 4 rings (SSSR count). The number of nitrogens with one attached hydrogen (secondary N) is 1. The average Bonchev–Trinajstić information content (AvgIpc) is 3.20. The third-order valence-corrected chi connectivity index (χ3v) is 6.13. The van der Waals surface area contributed by atoms with Crippen molar-refractivity contribution in [3.05, 3.63) is 70.9 Å². The lowest BCUT2D eigenvalue weighted by Gasteiger charge is -2.34. The average molecular weight is 422 g/mol. The van der Waals surface area contributed by atoms with E-state index >= 15 is 0 Å². The van der Waals surface area contributed by atoms with Gasteiger partial charge in [0.2, 0.25) is 5.91 Å². The van der Waals surface area contributed by atoms with Gasteiger partial charge < -0.3 is 10.2 Å². The molecule has 0 atom stereocenters. The van der Waals surface area contributed by atoms with E-state index < -0.39 is 0 Å². The summed E-state index contributed by atoms with van der Waals surface area (Å²) in [5, 5.41) is 5.93. The van der Waals surface area contributed by atoms with Gasteiger partial charge in [0, 0.05) is 44.3 Å². The molecule has 1 N–H and O–H groups in total. The van der Waals surface area contributed by atoms with Gasteiger partial charge in [-0.1, -0.05) is 30.3 Å². The number of anilines is 2. The zero-order valence-electron chi connectivity index (χ0n) is 17.3. The topological polar surface area (TPSA) is 61.4 Å². The summed E-state index contributed by atoms with van der Waals surface area (Å²) in [6, 6.07) is 14.5. The number of aryl methyl sites for hydroxylation is 1. The van der Waals surface area contributed by atoms with Crippen LogP contribution in [0.15, 0.2) is 54.0 Å². The molecule has 1 aromatic carbocycles. The van der Waals surface area contributed by atoms with E-state index in [0.717, 1.165) is 61.4 Å². The molecule has 0 saturated carbocycles. The maximum Gasteiger partial charge on any atom is 0.228 e. The Morgan fingerprint density at radius 3 is 2.70 bits per heavy atom. The number of aromatic nitrogens is 2. The molecule has 3 heterocycles. The van der Waals surface area contributed by atoms with Crippen LogP contribution in [-0.4, -0.2) is 58.4 Å². The summed E-state index contributed by atoms with van der Waals surface area (Å²) in [6.07, 6.45) is 3.18. The Hall–Kier alpha value is -2.77. The van der Waals surface area contributed by atoms with E-state index in [9.17, 15) is 4.79 Å². The lowest BCUT2D eigenvalue weighted by Crippen LogP contribution is -2.49. The second kappa shape index (κ2) is 9.82. The standard InChI is InChI=1S/C23H27N5OS/c1-18-7-9-24-21(15-18)26-23-25-20(17-30-23)16-22(29)28-13-11-27(12-14-28)10-8-19-5-3-2-4-6-19/h2-7,9,15,17H,8,10-14,16H2,1H3,(H,24,25,26). The maximum atomic E-state index is 12.7.